The van der Waals surface area contributed by atoms with Crippen molar-refractivity contribution in [1.29, 1.82) is 0 Å². The van der Waals surface area contributed by atoms with E-state index in [1.807, 2.05) is 91.0 Å². The van der Waals surface area contributed by atoms with E-state index in [1.165, 1.54) is 18.7 Å². The van der Waals surface area contributed by atoms with Crippen molar-refractivity contribution in [2.45, 2.75) is 200 Å². The summed E-state index contributed by atoms with van der Waals surface area (Å²) >= 11 is 1.37. The van der Waals surface area contributed by atoms with Crippen molar-refractivity contribution in [2.24, 2.45) is 5.92 Å². The van der Waals surface area contributed by atoms with E-state index in [4.69, 9.17) is 18.9 Å². The highest BCUT2D eigenvalue weighted by atomic mass is 32.2. The van der Waals surface area contributed by atoms with Crippen LogP contribution in [0.2, 0.25) is 0 Å². The van der Waals surface area contributed by atoms with Gasteiger partial charge in [-0.15, -0.1) is 11.8 Å². The molecule has 0 saturated heterocycles. The Hall–Kier alpha value is -8.21. The first-order valence-electron chi connectivity index (χ1n) is 29.7. The molecule has 5 atom stereocenters. The molecule has 0 unspecified atom stereocenters. The van der Waals surface area contributed by atoms with Gasteiger partial charge < -0.3 is 61.5 Å². The van der Waals surface area contributed by atoms with E-state index >= 15 is 0 Å². The number of ether oxygens (including phenoxy) is 4. The lowest BCUT2D eigenvalue weighted by atomic mass is 9.84. The number of carbonyl (C=O) groups is 10. The molecule has 3 rings (SSSR count). The van der Waals surface area contributed by atoms with E-state index in [2.05, 4.69) is 55.7 Å². The Labute approximate surface area is 528 Å². The summed E-state index contributed by atoms with van der Waals surface area (Å²) in [6.07, 6.45) is -1.67. The number of amides is 8. The van der Waals surface area contributed by atoms with Gasteiger partial charge in [0.1, 0.15) is 52.6 Å². The number of thioether (sulfide) groups is 1. The van der Waals surface area contributed by atoms with Crippen LogP contribution in [-0.4, -0.2) is 124 Å². The molecular weight excluding hydrogens is 1160 g/mol. The largest absolute Gasteiger partial charge is 0.460 e. The minimum absolute atomic E-state index is 0.0176. The number of hydrogen-bond acceptors (Lipinski definition) is 15. The first kappa shape index (κ1) is 75.0. The van der Waals surface area contributed by atoms with E-state index in [0.717, 1.165) is 16.7 Å². The maximum atomic E-state index is 14.7. The number of nitrogens with one attached hydrogen (secondary N) is 8. The Bertz CT molecular complexity index is 2840. The molecule has 0 bridgehead atoms. The van der Waals surface area contributed by atoms with Crippen molar-refractivity contribution in [2.75, 3.05) is 12.3 Å². The lowest BCUT2D eigenvalue weighted by molar-refractivity contribution is -0.158. The molecule has 0 saturated carbocycles. The SMILES string of the molecule is C=C(NC(=O)[C@H](CCCCNC(=O)OC(C)(C)C)NC(=O)OC(C)(C)C)C(=O)N[C@@H](CCC(=O)OC(C)(C)C)C(=O)NC(=C)C(=O)N[C@@H](CC(C)C)C(=O)N[C@@H](CSC(c1ccccc1)(c1ccccc1)c1ccccc1)C(=O)N[C@@H](C)C(=O)OC(C)(C)C. The van der Waals surface area contributed by atoms with Gasteiger partial charge in [-0.05, 0) is 145 Å². The second-order valence-corrected chi connectivity index (χ2v) is 27.0. The molecule has 0 aliphatic rings. The number of esters is 2. The van der Waals surface area contributed by atoms with Gasteiger partial charge in [0.05, 0.1) is 16.1 Å². The molecule has 3 aromatic carbocycles. The van der Waals surface area contributed by atoms with E-state index < -0.39 is 141 Å². The smallest absolute Gasteiger partial charge is 0.408 e. The predicted molar refractivity (Wildman–Crippen MR) is 341 cm³/mol. The van der Waals surface area contributed by atoms with Crippen LogP contribution in [0, 0.1) is 5.92 Å². The second kappa shape index (κ2) is 33.9. The molecule has 8 amide bonds. The second-order valence-electron chi connectivity index (χ2n) is 25.8. The number of rotatable bonds is 30. The van der Waals surface area contributed by atoms with Crippen LogP contribution in [0.3, 0.4) is 0 Å². The van der Waals surface area contributed by atoms with Gasteiger partial charge in [-0.1, -0.05) is 118 Å². The zero-order valence-electron chi connectivity index (χ0n) is 54.3. The monoisotopic (exact) mass is 1250 g/mol. The van der Waals surface area contributed by atoms with Crippen LogP contribution < -0.4 is 42.5 Å². The summed E-state index contributed by atoms with van der Waals surface area (Å²) in [5.74, 6) is -7.29. The first-order chi connectivity index (χ1) is 41.3. The summed E-state index contributed by atoms with van der Waals surface area (Å²) in [7, 11) is 0. The molecule has 0 heterocycles. The average Bonchev–Trinajstić information content (AvgIpc) is 3.62. The topological polar surface area (TPSA) is 304 Å². The standard InChI is InChI=1S/C66H94N8O14S/c1-41(2)39-50(57(80)73-51(58(81)70-44(5)59(82)86-63(9,10)11)40-89-66(45-29-21-18-22-30-45,46-31-23-19-24-32-46)47-33-25-20-26-34-47)72-54(77)43(4)69-56(79)49(36-37-52(75)85-62(6,7)8)71-53(76)42(3)68-55(78)48(74-61(84)88-65(15,16)17)35-27-28-38-67-60(83)87-64(12,13)14/h18-26,29-34,41,44,48-51H,3-4,27-28,35-40H2,1-2,5-17H3,(H,67,83)(H,68,78)(H,69,79)(H,70,81)(H,71,76)(H,72,77)(H,73,80)(H,74,84)/t44-,48-,49-,50-,51-/m0/s1. The van der Waals surface area contributed by atoms with Crippen LogP contribution in [0.4, 0.5) is 9.59 Å². The number of benzene rings is 3. The van der Waals surface area contributed by atoms with Crippen molar-refractivity contribution in [3.63, 3.8) is 0 Å². The van der Waals surface area contributed by atoms with Gasteiger partial charge in [0.15, 0.2) is 0 Å². The van der Waals surface area contributed by atoms with Gasteiger partial charge in [0.25, 0.3) is 11.8 Å². The Balaban J connectivity index is 1.93. The predicted octanol–water partition coefficient (Wildman–Crippen LogP) is 8.03. The van der Waals surface area contributed by atoms with Crippen LogP contribution >= 0.6 is 11.8 Å². The average molecular weight is 1260 g/mol. The lowest BCUT2D eigenvalue weighted by Gasteiger charge is -2.36. The maximum Gasteiger partial charge on any atom is 0.408 e. The fraction of sp³-hybridized carbons (Fsp3) is 0.515. The van der Waals surface area contributed by atoms with Crippen molar-refractivity contribution in [3.8, 4) is 0 Å². The van der Waals surface area contributed by atoms with Gasteiger partial charge >= 0.3 is 24.1 Å². The van der Waals surface area contributed by atoms with E-state index in [-0.39, 0.29) is 31.1 Å². The first-order valence-corrected chi connectivity index (χ1v) is 30.7. The molecule has 23 heteroatoms. The third kappa shape index (κ3) is 27.4. The van der Waals surface area contributed by atoms with E-state index in [0.29, 0.717) is 12.8 Å². The Morgan fingerprint density at radius 1 is 0.461 bits per heavy atom. The molecule has 0 aliphatic heterocycles. The molecule has 0 fully saturated rings. The molecule has 89 heavy (non-hydrogen) atoms. The highest BCUT2D eigenvalue weighted by Gasteiger charge is 2.40. The zero-order chi connectivity index (χ0) is 67.1. The summed E-state index contributed by atoms with van der Waals surface area (Å²) in [5.41, 5.74) is -1.98. The summed E-state index contributed by atoms with van der Waals surface area (Å²) in [6.45, 7) is 32.7. The van der Waals surface area contributed by atoms with Gasteiger partial charge in [-0.25, -0.2) is 14.4 Å². The molecule has 8 N–H and O–H groups in total. The quantitative estimate of drug-likeness (QED) is 0.0103. The van der Waals surface area contributed by atoms with Crippen LogP contribution in [0.25, 0.3) is 0 Å². The minimum Gasteiger partial charge on any atom is -0.460 e. The summed E-state index contributed by atoms with van der Waals surface area (Å²) in [4.78, 5) is 136. The molecule has 0 radical (unpaired) electrons. The third-order valence-corrected chi connectivity index (χ3v) is 14.1. The van der Waals surface area contributed by atoms with Crippen molar-refractivity contribution < 1.29 is 66.9 Å². The number of unbranched alkanes of at least 4 members (excludes halogenated alkanes) is 1. The number of alkyl carbamates (subject to hydrolysis) is 2. The molecule has 22 nitrogen and oxygen atoms in total. The minimum atomic E-state index is -1.61. The third-order valence-electron chi connectivity index (χ3n) is 12.5. The number of carbonyl (C=O) groups excluding carboxylic acids is 10. The summed E-state index contributed by atoms with van der Waals surface area (Å²) in [5, 5.41) is 20.5. The van der Waals surface area contributed by atoms with Gasteiger partial charge in [0.2, 0.25) is 23.6 Å². The van der Waals surface area contributed by atoms with Gasteiger partial charge in [-0.2, -0.15) is 0 Å². The van der Waals surface area contributed by atoms with Crippen molar-refractivity contribution >= 4 is 71.3 Å². The normalized spacial score (nSPS) is 13.5. The number of hydrogen-bond donors (Lipinski definition) is 8. The molecule has 3 aromatic rings. The highest BCUT2D eigenvalue weighted by molar-refractivity contribution is 8.00. The van der Waals surface area contributed by atoms with Gasteiger partial charge in [-0.3, -0.25) is 33.6 Å². The molecular formula is C66H94N8O14S. The summed E-state index contributed by atoms with van der Waals surface area (Å²) < 4.78 is 20.7. The van der Waals surface area contributed by atoms with Crippen LogP contribution in [0.5, 0.6) is 0 Å². The fourth-order valence-electron chi connectivity index (χ4n) is 8.59. The zero-order valence-corrected chi connectivity index (χ0v) is 55.1. The lowest BCUT2D eigenvalue weighted by Crippen LogP contribution is -2.57. The molecule has 0 aliphatic carbocycles. The molecule has 488 valence electrons. The van der Waals surface area contributed by atoms with Crippen molar-refractivity contribution in [1.82, 2.24) is 42.5 Å². The Morgan fingerprint density at radius 2 is 0.876 bits per heavy atom. The molecule has 0 aromatic heterocycles. The van der Waals surface area contributed by atoms with Crippen LogP contribution in [-0.2, 0) is 62.1 Å². The van der Waals surface area contributed by atoms with Crippen LogP contribution in [0.1, 0.15) is 159 Å². The van der Waals surface area contributed by atoms with E-state index in [1.54, 1.807) is 96.9 Å². The van der Waals surface area contributed by atoms with Crippen LogP contribution in [0.15, 0.2) is 116 Å². The highest BCUT2D eigenvalue weighted by Crippen LogP contribution is 2.48. The summed E-state index contributed by atoms with van der Waals surface area (Å²) in [6, 6.07) is 22.3. The Kier molecular flexibility index (Phi) is 28.6. The Morgan fingerprint density at radius 3 is 1.31 bits per heavy atom. The van der Waals surface area contributed by atoms with Crippen molar-refractivity contribution in [3.05, 3.63) is 132 Å². The maximum absolute atomic E-state index is 14.7. The van der Waals surface area contributed by atoms with Gasteiger partial charge in [0, 0.05) is 18.7 Å². The van der Waals surface area contributed by atoms with E-state index in [9.17, 15) is 47.9 Å². The molecule has 0 spiro atoms. The fourth-order valence-corrected chi connectivity index (χ4v) is 10.2.